The van der Waals surface area contributed by atoms with Gasteiger partial charge in [0.05, 0.1) is 0 Å². The molecule has 0 saturated heterocycles. The fraction of sp³-hybridized carbons (Fsp3) is 1.00. The second kappa shape index (κ2) is 7.37. The first-order valence-corrected chi connectivity index (χ1v) is 7.08. The molecule has 2 unspecified atom stereocenters. The Kier molecular flexibility index (Phi) is 7.28. The Morgan fingerprint density at radius 3 is 2.22 bits per heavy atom. The first-order chi connectivity index (χ1) is 8.10. The van der Waals surface area contributed by atoms with Crippen molar-refractivity contribution in [2.24, 2.45) is 11.7 Å². The summed E-state index contributed by atoms with van der Waals surface area (Å²) in [6.07, 6.45) is -6.59. The molecule has 0 bridgehead atoms. The number of hydrogen-bond acceptors (Lipinski definition) is 2. The summed E-state index contributed by atoms with van der Waals surface area (Å²) in [7, 11) is -1.37. The van der Waals surface area contributed by atoms with E-state index >= 15 is 0 Å². The Morgan fingerprint density at radius 2 is 1.78 bits per heavy atom. The van der Waals surface area contributed by atoms with E-state index in [1.807, 2.05) is 6.92 Å². The van der Waals surface area contributed by atoms with Crippen LogP contribution in [0.3, 0.4) is 0 Å². The van der Waals surface area contributed by atoms with E-state index in [1.54, 1.807) is 0 Å². The van der Waals surface area contributed by atoms with Gasteiger partial charge in [-0.1, -0.05) is 6.92 Å². The van der Waals surface area contributed by atoms with Crippen LogP contribution >= 0.6 is 0 Å². The van der Waals surface area contributed by atoms with Crippen molar-refractivity contribution in [2.45, 2.75) is 38.3 Å². The van der Waals surface area contributed by atoms with Gasteiger partial charge in [-0.3, -0.25) is 4.21 Å². The van der Waals surface area contributed by atoms with Gasteiger partial charge in [-0.25, -0.2) is 0 Å². The van der Waals surface area contributed by atoms with E-state index in [0.717, 1.165) is 0 Å². The van der Waals surface area contributed by atoms with Crippen LogP contribution in [0.2, 0.25) is 0 Å². The predicted molar refractivity (Wildman–Crippen MR) is 60.9 cm³/mol. The van der Waals surface area contributed by atoms with Gasteiger partial charge in [0.1, 0.15) is 0 Å². The standard InChI is InChI=1S/C10H18F5NOS/c1-8(3-5-16)7-18(17)6-2-4-9(11,12)10(13,14)15/h8H,2-7,16H2,1H3. The van der Waals surface area contributed by atoms with Crippen molar-refractivity contribution < 1.29 is 26.2 Å². The Balaban J connectivity index is 3.95. The number of halogens is 5. The lowest BCUT2D eigenvalue weighted by Gasteiger charge is -2.19. The molecule has 0 radical (unpaired) electrons. The maximum Gasteiger partial charge on any atom is 0.453 e. The van der Waals surface area contributed by atoms with Crippen molar-refractivity contribution in [1.82, 2.24) is 0 Å². The van der Waals surface area contributed by atoms with E-state index in [2.05, 4.69) is 0 Å². The number of alkyl halides is 5. The highest BCUT2D eigenvalue weighted by molar-refractivity contribution is 7.84. The molecule has 0 saturated carbocycles. The zero-order valence-corrected chi connectivity index (χ0v) is 10.9. The van der Waals surface area contributed by atoms with Crippen LogP contribution in [0.25, 0.3) is 0 Å². The Hall–Kier alpha value is -0.240. The fourth-order valence-electron chi connectivity index (χ4n) is 1.37. The summed E-state index contributed by atoms with van der Waals surface area (Å²) < 4.78 is 71.9. The van der Waals surface area contributed by atoms with Crippen LogP contribution in [-0.2, 0) is 10.8 Å². The van der Waals surface area contributed by atoms with E-state index in [1.165, 1.54) is 0 Å². The zero-order chi connectivity index (χ0) is 14.4. The van der Waals surface area contributed by atoms with E-state index in [-0.39, 0.29) is 17.4 Å². The van der Waals surface area contributed by atoms with Gasteiger partial charge in [0, 0.05) is 28.7 Å². The molecule has 2 N–H and O–H groups in total. The molecule has 2 atom stereocenters. The smallest absolute Gasteiger partial charge is 0.330 e. The normalized spacial score (nSPS) is 16.6. The molecule has 0 heterocycles. The molecule has 8 heteroatoms. The second-order valence-electron chi connectivity index (χ2n) is 4.30. The molecule has 0 aliphatic carbocycles. The maximum atomic E-state index is 12.5. The quantitative estimate of drug-likeness (QED) is 0.700. The lowest BCUT2D eigenvalue weighted by molar-refractivity contribution is -0.284. The molecular weight excluding hydrogens is 277 g/mol. The van der Waals surface area contributed by atoms with Gasteiger partial charge in [-0.05, 0) is 25.3 Å². The molecule has 110 valence electrons. The number of rotatable bonds is 8. The van der Waals surface area contributed by atoms with Crippen LogP contribution in [0.5, 0.6) is 0 Å². The third-order valence-corrected chi connectivity index (χ3v) is 4.09. The molecule has 0 aromatic carbocycles. The number of hydrogen-bond donors (Lipinski definition) is 1. The molecule has 0 aliphatic heterocycles. The second-order valence-corrected chi connectivity index (χ2v) is 5.92. The first-order valence-electron chi connectivity index (χ1n) is 5.59. The highest BCUT2D eigenvalue weighted by Crippen LogP contribution is 2.38. The van der Waals surface area contributed by atoms with E-state index in [9.17, 15) is 26.2 Å². The molecule has 0 spiro atoms. The molecule has 0 aromatic rings. The molecule has 0 aromatic heterocycles. The van der Waals surface area contributed by atoms with E-state index in [4.69, 9.17) is 5.73 Å². The Bertz CT molecular complexity index is 269. The van der Waals surface area contributed by atoms with Gasteiger partial charge in [-0.2, -0.15) is 22.0 Å². The van der Waals surface area contributed by atoms with Crippen molar-refractivity contribution in [3.8, 4) is 0 Å². The van der Waals surface area contributed by atoms with Crippen LogP contribution in [0.4, 0.5) is 22.0 Å². The molecule has 0 amide bonds. The SMILES string of the molecule is CC(CCN)CS(=O)CCCC(F)(F)C(F)(F)F. The van der Waals surface area contributed by atoms with Crippen LogP contribution in [0.15, 0.2) is 0 Å². The average Bonchev–Trinajstić information content (AvgIpc) is 2.15. The van der Waals surface area contributed by atoms with Crippen LogP contribution < -0.4 is 5.73 Å². The van der Waals surface area contributed by atoms with Gasteiger partial charge in [0.15, 0.2) is 0 Å². The largest absolute Gasteiger partial charge is 0.453 e. The van der Waals surface area contributed by atoms with Crippen molar-refractivity contribution in [1.29, 1.82) is 0 Å². The van der Waals surface area contributed by atoms with Crippen molar-refractivity contribution >= 4 is 10.8 Å². The molecule has 2 nitrogen and oxygen atoms in total. The summed E-state index contributed by atoms with van der Waals surface area (Å²) >= 11 is 0. The highest BCUT2D eigenvalue weighted by atomic mass is 32.2. The molecule has 18 heavy (non-hydrogen) atoms. The highest BCUT2D eigenvalue weighted by Gasteiger charge is 2.56. The van der Waals surface area contributed by atoms with Gasteiger partial charge >= 0.3 is 12.1 Å². The molecule has 0 fully saturated rings. The topological polar surface area (TPSA) is 43.1 Å². The van der Waals surface area contributed by atoms with Gasteiger partial charge < -0.3 is 5.73 Å². The minimum Gasteiger partial charge on any atom is -0.330 e. The third-order valence-electron chi connectivity index (χ3n) is 2.41. The Morgan fingerprint density at radius 1 is 1.22 bits per heavy atom. The fourth-order valence-corrected chi connectivity index (χ4v) is 2.80. The summed E-state index contributed by atoms with van der Waals surface area (Å²) in [5.74, 6) is -4.46. The van der Waals surface area contributed by atoms with E-state index in [0.29, 0.717) is 13.0 Å². The monoisotopic (exact) mass is 295 g/mol. The summed E-state index contributed by atoms with van der Waals surface area (Å²) in [5, 5.41) is 0. The van der Waals surface area contributed by atoms with Crippen LogP contribution in [0, 0.1) is 5.92 Å². The molecule has 0 aliphatic rings. The summed E-state index contributed by atoms with van der Waals surface area (Å²) in [4.78, 5) is 0. The lowest BCUT2D eigenvalue weighted by Crippen LogP contribution is -2.36. The summed E-state index contributed by atoms with van der Waals surface area (Å²) in [6.45, 7) is 2.25. The van der Waals surface area contributed by atoms with Crippen LogP contribution in [-0.4, -0.2) is 34.4 Å². The predicted octanol–water partition coefficient (Wildman–Crippen LogP) is 2.70. The van der Waals surface area contributed by atoms with E-state index < -0.39 is 35.7 Å². The maximum absolute atomic E-state index is 12.5. The minimum atomic E-state index is -5.53. The van der Waals surface area contributed by atoms with Gasteiger partial charge in [-0.15, -0.1) is 0 Å². The van der Waals surface area contributed by atoms with Crippen molar-refractivity contribution in [3.05, 3.63) is 0 Å². The zero-order valence-electron chi connectivity index (χ0n) is 10.1. The van der Waals surface area contributed by atoms with Gasteiger partial charge in [0.25, 0.3) is 0 Å². The summed E-state index contributed by atoms with van der Waals surface area (Å²) in [6, 6.07) is 0. The van der Waals surface area contributed by atoms with Crippen molar-refractivity contribution in [3.63, 3.8) is 0 Å². The van der Waals surface area contributed by atoms with Crippen LogP contribution in [0.1, 0.15) is 26.2 Å². The lowest BCUT2D eigenvalue weighted by atomic mass is 10.1. The molecular formula is C10H18F5NOS. The molecule has 0 rings (SSSR count). The average molecular weight is 295 g/mol. The third kappa shape index (κ3) is 6.63. The first kappa shape index (κ1) is 17.8. The number of nitrogens with two attached hydrogens (primary N) is 1. The Labute approximate surface area is 106 Å². The summed E-state index contributed by atoms with van der Waals surface area (Å²) in [5.41, 5.74) is 5.29. The minimum absolute atomic E-state index is 0.0824. The van der Waals surface area contributed by atoms with Gasteiger partial charge in [0.2, 0.25) is 0 Å². The van der Waals surface area contributed by atoms with Crippen molar-refractivity contribution in [2.75, 3.05) is 18.1 Å².